The molecule has 1 heterocycles. The van der Waals surface area contributed by atoms with Gasteiger partial charge in [-0.2, -0.15) is 15.0 Å². The van der Waals surface area contributed by atoms with Gasteiger partial charge in [-0.1, -0.05) is 32.0 Å². The monoisotopic (exact) mass is 348 g/mol. The zero-order chi connectivity index (χ0) is 17.5. The number of anilines is 3. The maximum absolute atomic E-state index is 6.12. The minimum absolute atomic E-state index is 0.184. The van der Waals surface area contributed by atoms with Crippen molar-refractivity contribution in [3.05, 3.63) is 34.6 Å². The third-order valence-corrected chi connectivity index (χ3v) is 3.83. The number of rotatable bonds is 8. The number of nitrogens with one attached hydrogen (secondary N) is 2. The van der Waals surface area contributed by atoms with E-state index < -0.39 is 0 Å². The molecule has 0 atom stereocenters. The van der Waals surface area contributed by atoms with Crippen LogP contribution in [-0.2, 0) is 6.42 Å². The summed E-state index contributed by atoms with van der Waals surface area (Å²) in [5.41, 5.74) is 3.54. The Labute approximate surface area is 148 Å². The topological polar surface area (TPSA) is 66.0 Å². The number of aryl methyl sites for hydroxylation is 2. The molecule has 0 aliphatic heterocycles. The van der Waals surface area contributed by atoms with Crippen molar-refractivity contribution in [1.29, 1.82) is 0 Å². The first kappa shape index (κ1) is 18.4. The van der Waals surface area contributed by atoms with Crippen LogP contribution >= 0.6 is 11.6 Å². The second-order valence-corrected chi connectivity index (χ2v) is 5.72. The number of nitrogens with zero attached hydrogens (tertiary/aromatic N) is 4. The summed E-state index contributed by atoms with van der Waals surface area (Å²) in [7, 11) is 0. The maximum atomic E-state index is 6.12. The molecule has 0 saturated carbocycles. The molecular formula is C17H25ClN6. The van der Waals surface area contributed by atoms with Crippen LogP contribution in [0.3, 0.4) is 0 Å². The average molecular weight is 349 g/mol. The van der Waals surface area contributed by atoms with E-state index in [-0.39, 0.29) is 5.28 Å². The van der Waals surface area contributed by atoms with Crippen LogP contribution in [0.4, 0.5) is 17.6 Å². The van der Waals surface area contributed by atoms with Gasteiger partial charge in [0.05, 0.1) is 12.4 Å². The van der Waals surface area contributed by atoms with Crippen molar-refractivity contribution in [2.24, 2.45) is 0 Å². The van der Waals surface area contributed by atoms with Gasteiger partial charge in [0.15, 0.2) is 0 Å². The molecule has 0 spiro atoms. The van der Waals surface area contributed by atoms with Crippen LogP contribution in [0, 0.1) is 6.92 Å². The van der Waals surface area contributed by atoms with Crippen molar-refractivity contribution < 1.29 is 0 Å². The number of halogens is 1. The fourth-order valence-electron chi connectivity index (χ4n) is 2.56. The van der Waals surface area contributed by atoms with Gasteiger partial charge in [-0.25, -0.2) is 0 Å². The van der Waals surface area contributed by atoms with Crippen molar-refractivity contribution in [1.82, 2.24) is 20.3 Å². The third-order valence-electron chi connectivity index (χ3n) is 3.66. The molecule has 0 bridgehead atoms. The summed E-state index contributed by atoms with van der Waals surface area (Å²) in [5.74, 6) is 1.02. The first-order chi connectivity index (χ1) is 11.6. The quantitative estimate of drug-likeness (QED) is 0.711. The molecule has 0 fully saturated rings. The Morgan fingerprint density at radius 2 is 1.88 bits per heavy atom. The number of benzene rings is 1. The SMILES string of the molecule is CCNCN(c1nc(Cl)nc(NCC)n1)c1c(C)cccc1CC. The summed E-state index contributed by atoms with van der Waals surface area (Å²) in [5, 5.41) is 6.64. The van der Waals surface area contributed by atoms with E-state index in [0.717, 1.165) is 25.2 Å². The van der Waals surface area contributed by atoms with E-state index in [9.17, 15) is 0 Å². The zero-order valence-corrected chi connectivity index (χ0v) is 15.5. The van der Waals surface area contributed by atoms with Crippen LogP contribution in [0.1, 0.15) is 31.9 Å². The highest BCUT2D eigenvalue weighted by Gasteiger charge is 2.19. The predicted molar refractivity (Wildman–Crippen MR) is 100 cm³/mol. The van der Waals surface area contributed by atoms with Crippen molar-refractivity contribution in [3.8, 4) is 0 Å². The lowest BCUT2D eigenvalue weighted by Gasteiger charge is -2.27. The molecule has 0 unspecified atom stereocenters. The van der Waals surface area contributed by atoms with Gasteiger partial charge in [0.2, 0.25) is 17.2 Å². The molecule has 0 saturated heterocycles. The minimum atomic E-state index is 0.184. The minimum Gasteiger partial charge on any atom is -0.354 e. The van der Waals surface area contributed by atoms with Crippen molar-refractivity contribution in [2.45, 2.75) is 34.1 Å². The Balaban J connectivity index is 2.54. The van der Waals surface area contributed by atoms with E-state index in [1.165, 1.54) is 11.1 Å². The Morgan fingerprint density at radius 3 is 2.54 bits per heavy atom. The summed E-state index contributed by atoms with van der Waals surface area (Å²) < 4.78 is 0. The van der Waals surface area contributed by atoms with Crippen LogP contribution in [0.15, 0.2) is 18.2 Å². The predicted octanol–water partition coefficient (Wildman–Crippen LogP) is 3.53. The first-order valence-corrected chi connectivity index (χ1v) is 8.70. The van der Waals surface area contributed by atoms with Crippen molar-refractivity contribution in [2.75, 3.05) is 30.0 Å². The van der Waals surface area contributed by atoms with Gasteiger partial charge in [-0.3, -0.25) is 10.2 Å². The first-order valence-electron chi connectivity index (χ1n) is 8.32. The van der Waals surface area contributed by atoms with E-state index >= 15 is 0 Å². The van der Waals surface area contributed by atoms with Gasteiger partial charge in [-0.15, -0.1) is 0 Å². The lowest BCUT2D eigenvalue weighted by atomic mass is 10.0. The number of hydrogen-bond acceptors (Lipinski definition) is 6. The van der Waals surface area contributed by atoms with Crippen molar-refractivity contribution in [3.63, 3.8) is 0 Å². The van der Waals surface area contributed by atoms with E-state index in [1.54, 1.807) is 0 Å². The molecule has 0 radical (unpaired) electrons. The molecule has 1 aromatic heterocycles. The number of hydrogen-bond donors (Lipinski definition) is 2. The van der Waals surface area contributed by atoms with Crippen molar-refractivity contribution >= 4 is 29.2 Å². The molecule has 0 amide bonds. The lowest BCUT2D eigenvalue weighted by molar-refractivity contribution is 0.708. The van der Waals surface area contributed by atoms with Gasteiger partial charge in [0.1, 0.15) is 0 Å². The van der Waals surface area contributed by atoms with Gasteiger partial charge in [0.25, 0.3) is 0 Å². The Morgan fingerprint density at radius 1 is 1.08 bits per heavy atom. The fraction of sp³-hybridized carbons (Fsp3) is 0.471. The Kier molecular flexibility index (Phi) is 6.75. The largest absolute Gasteiger partial charge is 0.354 e. The zero-order valence-electron chi connectivity index (χ0n) is 14.7. The van der Waals surface area contributed by atoms with Crippen LogP contribution in [0.25, 0.3) is 0 Å². The highest BCUT2D eigenvalue weighted by Crippen LogP contribution is 2.30. The average Bonchev–Trinajstić information content (AvgIpc) is 2.56. The summed E-state index contributed by atoms with van der Waals surface area (Å²) >= 11 is 6.12. The highest BCUT2D eigenvalue weighted by atomic mass is 35.5. The molecule has 2 N–H and O–H groups in total. The maximum Gasteiger partial charge on any atom is 0.237 e. The normalized spacial score (nSPS) is 10.7. The highest BCUT2D eigenvalue weighted by molar-refractivity contribution is 6.28. The molecule has 1 aromatic carbocycles. The molecule has 6 nitrogen and oxygen atoms in total. The standard InChI is InChI=1S/C17H25ClN6/c1-5-13-10-8-9-12(4)14(13)24(11-19-6-2)17-22-15(18)21-16(23-17)20-7-3/h8-10,19H,5-7,11H2,1-4H3,(H,20,21,22,23). The molecule has 2 rings (SSSR count). The molecule has 7 heteroatoms. The molecule has 2 aromatic rings. The number of para-hydroxylation sites is 1. The molecular weight excluding hydrogens is 324 g/mol. The third kappa shape index (κ3) is 4.33. The van der Waals surface area contributed by atoms with E-state index in [2.05, 4.69) is 69.5 Å². The summed E-state index contributed by atoms with van der Waals surface area (Å²) in [6.45, 7) is 10.5. The van der Waals surface area contributed by atoms with E-state index in [1.807, 2.05) is 6.92 Å². The van der Waals surface area contributed by atoms with Crippen LogP contribution in [0.2, 0.25) is 5.28 Å². The lowest BCUT2D eigenvalue weighted by Crippen LogP contribution is -2.33. The Hall–Kier alpha value is -1.92. The number of aromatic nitrogens is 3. The van der Waals surface area contributed by atoms with Gasteiger partial charge < -0.3 is 5.32 Å². The van der Waals surface area contributed by atoms with Gasteiger partial charge >= 0.3 is 0 Å². The van der Waals surface area contributed by atoms with Crippen LogP contribution in [-0.4, -0.2) is 34.7 Å². The van der Waals surface area contributed by atoms with E-state index in [0.29, 0.717) is 18.6 Å². The second kappa shape index (κ2) is 8.80. The van der Waals surface area contributed by atoms with Crippen LogP contribution < -0.4 is 15.5 Å². The Bertz CT molecular complexity index is 676. The molecule has 130 valence electrons. The second-order valence-electron chi connectivity index (χ2n) is 5.38. The molecule has 0 aliphatic rings. The van der Waals surface area contributed by atoms with Crippen LogP contribution in [0.5, 0.6) is 0 Å². The summed E-state index contributed by atoms with van der Waals surface area (Å²) in [4.78, 5) is 15.1. The fourth-order valence-corrected chi connectivity index (χ4v) is 2.72. The smallest absolute Gasteiger partial charge is 0.237 e. The van der Waals surface area contributed by atoms with Gasteiger partial charge in [0, 0.05) is 6.54 Å². The summed E-state index contributed by atoms with van der Waals surface area (Å²) in [6, 6.07) is 6.31. The summed E-state index contributed by atoms with van der Waals surface area (Å²) in [6.07, 6.45) is 0.929. The molecule has 0 aliphatic carbocycles. The molecule has 24 heavy (non-hydrogen) atoms. The van der Waals surface area contributed by atoms with Gasteiger partial charge in [-0.05, 0) is 49.5 Å². The van der Waals surface area contributed by atoms with E-state index in [4.69, 9.17) is 11.6 Å².